The van der Waals surface area contributed by atoms with Gasteiger partial charge in [-0.2, -0.15) is 4.72 Å². The number of benzene rings is 1. The maximum absolute atomic E-state index is 13.9. The standard InChI is InChI=1S/C12H16F2N2O5S/c1-12(6-20-2,11(15)17)16-22(18,19)10-8(14)4-7(13)5-9(10)21-3/h4-5,16H,6H2,1-3H3,(H2,15,17)/t12-/m0/s1. The van der Waals surface area contributed by atoms with Crippen molar-refractivity contribution in [3.05, 3.63) is 23.8 Å². The number of rotatable bonds is 7. The molecule has 0 unspecified atom stereocenters. The zero-order valence-corrected chi connectivity index (χ0v) is 13.0. The van der Waals surface area contributed by atoms with Crippen molar-refractivity contribution in [2.45, 2.75) is 17.4 Å². The Hall–Kier alpha value is -1.78. The molecule has 1 rings (SSSR count). The molecule has 1 aromatic carbocycles. The molecule has 22 heavy (non-hydrogen) atoms. The Kier molecular flexibility index (Phi) is 5.44. The highest BCUT2D eigenvalue weighted by molar-refractivity contribution is 7.89. The van der Waals surface area contributed by atoms with E-state index in [-0.39, 0.29) is 6.61 Å². The number of carbonyl (C=O) groups excluding carboxylic acids is 1. The van der Waals surface area contributed by atoms with Gasteiger partial charge in [0.15, 0.2) is 4.90 Å². The van der Waals surface area contributed by atoms with Gasteiger partial charge in [0.2, 0.25) is 15.9 Å². The minimum Gasteiger partial charge on any atom is -0.495 e. The molecule has 0 aliphatic heterocycles. The van der Waals surface area contributed by atoms with Crippen LogP contribution in [0.25, 0.3) is 0 Å². The topological polar surface area (TPSA) is 108 Å². The van der Waals surface area contributed by atoms with Gasteiger partial charge in [-0.05, 0) is 6.92 Å². The van der Waals surface area contributed by atoms with Crippen LogP contribution < -0.4 is 15.2 Å². The second-order valence-corrected chi connectivity index (χ2v) is 6.27. The number of nitrogens with two attached hydrogens (primary N) is 1. The number of hydrogen-bond donors (Lipinski definition) is 2. The van der Waals surface area contributed by atoms with Crippen molar-refractivity contribution in [1.82, 2.24) is 4.72 Å². The van der Waals surface area contributed by atoms with E-state index >= 15 is 0 Å². The van der Waals surface area contributed by atoms with E-state index in [2.05, 4.69) is 4.74 Å². The van der Waals surface area contributed by atoms with Crippen molar-refractivity contribution < 1.29 is 31.5 Å². The molecule has 1 atom stereocenters. The summed E-state index contributed by atoms with van der Waals surface area (Å²) in [5.74, 6) is -3.95. The van der Waals surface area contributed by atoms with Gasteiger partial charge in [-0.25, -0.2) is 17.2 Å². The number of carbonyl (C=O) groups is 1. The third-order valence-electron chi connectivity index (χ3n) is 2.80. The first-order valence-corrected chi connectivity index (χ1v) is 7.41. The van der Waals surface area contributed by atoms with Crippen molar-refractivity contribution in [3.63, 3.8) is 0 Å². The van der Waals surface area contributed by atoms with Crippen molar-refractivity contribution in [2.75, 3.05) is 20.8 Å². The minimum absolute atomic E-state index is 0.382. The van der Waals surface area contributed by atoms with Crippen LogP contribution in [0.2, 0.25) is 0 Å². The molecule has 0 aromatic heterocycles. The van der Waals surface area contributed by atoms with E-state index in [1.807, 2.05) is 4.72 Å². The average Bonchev–Trinajstić information content (AvgIpc) is 2.36. The van der Waals surface area contributed by atoms with E-state index in [1.165, 1.54) is 14.0 Å². The first-order chi connectivity index (χ1) is 10.1. The number of nitrogens with one attached hydrogen (secondary N) is 1. The lowest BCUT2D eigenvalue weighted by atomic mass is 10.1. The number of hydrogen-bond acceptors (Lipinski definition) is 5. The molecule has 0 radical (unpaired) electrons. The van der Waals surface area contributed by atoms with Crippen molar-refractivity contribution >= 4 is 15.9 Å². The summed E-state index contributed by atoms with van der Waals surface area (Å²) >= 11 is 0. The molecule has 0 aliphatic rings. The van der Waals surface area contributed by atoms with Gasteiger partial charge >= 0.3 is 0 Å². The number of primary amides is 1. The molecule has 0 heterocycles. The maximum Gasteiger partial charge on any atom is 0.248 e. The highest BCUT2D eigenvalue weighted by Gasteiger charge is 2.38. The summed E-state index contributed by atoms with van der Waals surface area (Å²) in [5, 5.41) is 0. The number of sulfonamides is 1. The van der Waals surface area contributed by atoms with Crippen LogP contribution in [0, 0.1) is 11.6 Å². The third kappa shape index (κ3) is 3.70. The van der Waals surface area contributed by atoms with Gasteiger partial charge in [0.05, 0.1) is 13.7 Å². The Morgan fingerprint density at radius 3 is 2.41 bits per heavy atom. The van der Waals surface area contributed by atoms with Crippen molar-refractivity contribution in [3.8, 4) is 5.75 Å². The Labute approximate surface area is 126 Å². The van der Waals surface area contributed by atoms with Crippen LogP contribution in [0.15, 0.2) is 17.0 Å². The van der Waals surface area contributed by atoms with Crippen LogP contribution in [-0.4, -0.2) is 40.7 Å². The second kappa shape index (κ2) is 6.55. The molecule has 10 heteroatoms. The van der Waals surface area contributed by atoms with Gasteiger partial charge in [0, 0.05) is 19.2 Å². The van der Waals surface area contributed by atoms with Crippen LogP contribution in [0.3, 0.4) is 0 Å². The van der Waals surface area contributed by atoms with Crippen LogP contribution >= 0.6 is 0 Å². The predicted molar refractivity (Wildman–Crippen MR) is 72.7 cm³/mol. The summed E-state index contributed by atoms with van der Waals surface area (Å²) in [6.07, 6.45) is 0. The highest BCUT2D eigenvalue weighted by atomic mass is 32.2. The van der Waals surface area contributed by atoms with E-state index in [0.717, 1.165) is 7.11 Å². The fourth-order valence-electron chi connectivity index (χ4n) is 1.74. The minimum atomic E-state index is -4.57. The molecular weight excluding hydrogens is 322 g/mol. The lowest BCUT2D eigenvalue weighted by Crippen LogP contribution is -2.58. The van der Waals surface area contributed by atoms with E-state index in [1.54, 1.807) is 0 Å². The average molecular weight is 338 g/mol. The predicted octanol–water partition coefficient (Wildman–Crippen LogP) is 0.142. The van der Waals surface area contributed by atoms with Crippen LogP contribution in [0.5, 0.6) is 5.75 Å². The molecule has 1 amide bonds. The van der Waals surface area contributed by atoms with E-state index < -0.39 is 43.7 Å². The van der Waals surface area contributed by atoms with Gasteiger partial charge in [-0.1, -0.05) is 0 Å². The Balaban J connectivity index is 3.40. The maximum atomic E-state index is 13.9. The molecule has 0 bridgehead atoms. The lowest BCUT2D eigenvalue weighted by molar-refractivity contribution is -0.124. The zero-order valence-electron chi connectivity index (χ0n) is 12.1. The molecule has 3 N–H and O–H groups in total. The van der Waals surface area contributed by atoms with Gasteiger partial charge in [0.25, 0.3) is 0 Å². The van der Waals surface area contributed by atoms with Gasteiger partial charge in [-0.3, -0.25) is 4.79 Å². The Morgan fingerprint density at radius 1 is 1.36 bits per heavy atom. The van der Waals surface area contributed by atoms with Gasteiger partial charge in [0.1, 0.15) is 22.9 Å². The first kappa shape index (κ1) is 18.3. The number of ether oxygens (including phenoxy) is 2. The monoisotopic (exact) mass is 338 g/mol. The van der Waals surface area contributed by atoms with E-state index in [0.29, 0.717) is 12.1 Å². The summed E-state index contributed by atoms with van der Waals surface area (Å²) in [6.45, 7) is 0.789. The molecule has 0 aliphatic carbocycles. The summed E-state index contributed by atoms with van der Waals surface area (Å²) < 4.78 is 63.0. The van der Waals surface area contributed by atoms with Crippen molar-refractivity contribution in [2.24, 2.45) is 5.73 Å². The van der Waals surface area contributed by atoms with Crippen LogP contribution in [0.4, 0.5) is 8.78 Å². The number of amides is 1. The summed E-state index contributed by atoms with van der Waals surface area (Å²) in [6, 6.07) is 1.09. The quantitative estimate of drug-likeness (QED) is 0.735. The highest BCUT2D eigenvalue weighted by Crippen LogP contribution is 2.28. The fraction of sp³-hybridized carbons (Fsp3) is 0.417. The van der Waals surface area contributed by atoms with Gasteiger partial charge in [-0.15, -0.1) is 0 Å². The molecule has 1 aromatic rings. The van der Waals surface area contributed by atoms with Crippen LogP contribution in [-0.2, 0) is 19.6 Å². The Morgan fingerprint density at radius 2 is 1.95 bits per heavy atom. The van der Waals surface area contributed by atoms with Gasteiger partial charge < -0.3 is 15.2 Å². The SMILES string of the molecule is COC[C@](C)(NS(=O)(=O)c1c(F)cc(F)cc1OC)C(N)=O. The summed E-state index contributed by atoms with van der Waals surface area (Å²) in [7, 11) is -2.29. The lowest BCUT2D eigenvalue weighted by Gasteiger charge is -2.26. The Bertz CT molecular complexity index is 680. The van der Waals surface area contributed by atoms with E-state index in [9.17, 15) is 22.0 Å². The van der Waals surface area contributed by atoms with Crippen molar-refractivity contribution in [1.29, 1.82) is 0 Å². The molecule has 0 saturated carbocycles. The first-order valence-electron chi connectivity index (χ1n) is 5.93. The molecule has 124 valence electrons. The largest absolute Gasteiger partial charge is 0.495 e. The number of methoxy groups -OCH3 is 2. The third-order valence-corrected chi connectivity index (χ3v) is 4.45. The molecule has 7 nitrogen and oxygen atoms in total. The smallest absolute Gasteiger partial charge is 0.248 e. The zero-order chi connectivity index (χ0) is 17.1. The molecule has 0 saturated heterocycles. The normalized spacial score (nSPS) is 14.4. The fourth-order valence-corrected chi connectivity index (χ4v) is 3.31. The van der Waals surface area contributed by atoms with Crippen LogP contribution in [0.1, 0.15) is 6.92 Å². The number of halogens is 2. The second-order valence-electron chi connectivity index (χ2n) is 4.65. The molecule has 0 spiro atoms. The summed E-state index contributed by atoms with van der Waals surface area (Å²) in [5.41, 5.74) is 3.32. The van der Waals surface area contributed by atoms with E-state index in [4.69, 9.17) is 10.5 Å². The molecule has 0 fully saturated rings. The molecular formula is C12H16F2N2O5S. The summed E-state index contributed by atoms with van der Waals surface area (Å²) in [4.78, 5) is 10.5.